The molecule has 2 amide bonds. The molecule has 2 heterocycles. The van der Waals surface area contributed by atoms with Crippen molar-refractivity contribution < 1.29 is 14.3 Å². The molecule has 1 atom stereocenters. The van der Waals surface area contributed by atoms with Crippen molar-refractivity contribution in [3.63, 3.8) is 0 Å². The van der Waals surface area contributed by atoms with Crippen LogP contribution in [-0.2, 0) is 16.0 Å². The first-order valence-corrected chi connectivity index (χ1v) is 12.2. The molecule has 2 aliphatic heterocycles. The first-order chi connectivity index (χ1) is 16.1. The predicted molar refractivity (Wildman–Crippen MR) is 130 cm³/mol. The average molecular weight is 450 g/mol. The van der Waals surface area contributed by atoms with Crippen molar-refractivity contribution in [1.29, 1.82) is 0 Å². The molecule has 2 aromatic carbocycles. The Balaban J connectivity index is 1.16. The molecule has 0 spiro atoms. The minimum Gasteiger partial charge on any atom is -0.494 e. The van der Waals surface area contributed by atoms with Crippen molar-refractivity contribution in [3.05, 3.63) is 60.2 Å². The third-order valence-corrected chi connectivity index (χ3v) is 6.67. The van der Waals surface area contributed by atoms with Crippen LogP contribution in [0, 0.1) is 5.92 Å². The van der Waals surface area contributed by atoms with Gasteiger partial charge in [-0.1, -0.05) is 30.3 Å². The third-order valence-electron chi connectivity index (χ3n) is 6.67. The number of hydrogen-bond donors (Lipinski definition) is 1. The number of nitrogens with zero attached hydrogens (tertiary/aromatic N) is 2. The number of anilines is 1. The standard InChI is InChI=1S/C27H35N3O3/c1-2-33-24-11-9-23(10-12-24)30-26(31)20-25(27(30)32)28-15-6-16-29-17-13-22(14-18-29)19-21-7-4-3-5-8-21/h3-5,7-12,22,25,28H,2,6,13-20H2,1H3. The summed E-state index contributed by atoms with van der Waals surface area (Å²) in [4.78, 5) is 29.1. The molecule has 33 heavy (non-hydrogen) atoms. The molecule has 0 radical (unpaired) electrons. The summed E-state index contributed by atoms with van der Waals surface area (Å²) in [6, 6.07) is 17.5. The Morgan fingerprint density at radius 3 is 2.42 bits per heavy atom. The molecule has 0 bridgehead atoms. The van der Waals surface area contributed by atoms with Crippen LogP contribution in [0.3, 0.4) is 0 Å². The minimum absolute atomic E-state index is 0.151. The second kappa shape index (κ2) is 11.4. The number of nitrogens with one attached hydrogen (secondary N) is 1. The van der Waals surface area contributed by atoms with Gasteiger partial charge in [0.25, 0.3) is 5.91 Å². The van der Waals surface area contributed by atoms with Crippen molar-refractivity contribution in [2.24, 2.45) is 5.92 Å². The summed E-state index contributed by atoms with van der Waals surface area (Å²) in [5, 5.41) is 3.31. The predicted octanol–water partition coefficient (Wildman–Crippen LogP) is 3.65. The average Bonchev–Trinajstić information content (AvgIpc) is 3.12. The van der Waals surface area contributed by atoms with Crippen molar-refractivity contribution >= 4 is 17.5 Å². The summed E-state index contributed by atoms with van der Waals surface area (Å²) < 4.78 is 5.44. The summed E-state index contributed by atoms with van der Waals surface area (Å²) in [7, 11) is 0. The molecular formula is C27H35N3O3. The summed E-state index contributed by atoms with van der Waals surface area (Å²) in [5.74, 6) is 1.20. The largest absolute Gasteiger partial charge is 0.494 e. The Bertz CT molecular complexity index is 908. The number of piperidine rings is 1. The van der Waals surface area contributed by atoms with Crippen LogP contribution >= 0.6 is 0 Å². The smallest absolute Gasteiger partial charge is 0.251 e. The lowest BCUT2D eigenvalue weighted by Crippen LogP contribution is -2.40. The van der Waals surface area contributed by atoms with E-state index in [9.17, 15) is 9.59 Å². The Labute approximate surface area is 196 Å². The SMILES string of the molecule is CCOc1ccc(N2C(=O)CC(NCCCN3CCC(Cc4ccccc4)CC3)C2=O)cc1. The highest BCUT2D eigenvalue weighted by Crippen LogP contribution is 2.25. The van der Waals surface area contributed by atoms with Gasteiger partial charge in [-0.2, -0.15) is 0 Å². The Morgan fingerprint density at radius 1 is 1.00 bits per heavy atom. The van der Waals surface area contributed by atoms with E-state index in [0.717, 1.165) is 44.3 Å². The Kier molecular flexibility index (Phi) is 8.13. The minimum atomic E-state index is -0.430. The van der Waals surface area contributed by atoms with Crippen molar-refractivity contribution in [1.82, 2.24) is 10.2 Å². The maximum absolute atomic E-state index is 12.8. The maximum atomic E-state index is 12.8. The summed E-state index contributed by atoms with van der Waals surface area (Å²) in [5.41, 5.74) is 2.05. The van der Waals surface area contributed by atoms with Gasteiger partial charge in [0, 0.05) is 0 Å². The number of ether oxygens (including phenoxy) is 1. The van der Waals surface area contributed by atoms with Gasteiger partial charge in [-0.3, -0.25) is 9.59 Å². The number of imide groups is 1. The monoisotopic (exact) mass is 449 g/mol. The van der Waals surface area contributed by atoms with Crippen molar-refractivity contribution in [2.75, 3.05) is 37.7 Å². The first kappa shape index (κ1) is 23.5. The molecule has 2 fully saturated rings. The number of rotatable bonds is 10. The van der Waals surface area contributed by atoms with Crippen LogP contribution in [0.5, 0.6) is 5.75 Å². The van der Waals surface area contributed by atoms with Gasteiger partial charge in [-0.25, -0.2) is 4.90 Å². The number of hydrogen-bond acceptors (Lipinski definition) is 5. The van der Waals surface area contributed by atoms with Gasteiger partial charge in [0.2, 0.25) is 5.91 Å². The molecule has 0 saturated carbocycles. The van der Waals surface area contributed by atoms with E-state index < -0.39 is 6.04 Å². The fourth-order valence-electron chi connectivity index (χ4n) is 4.86. The quantitative estimate of drug-likeness (QED) is 0.443. The van der Waals surface area contributed by atoms with E-state index in [1.807, 2.05) is 6.92 Å². The molecule has 176 valence electrons. The van der Waals surface area contributed by atoms with Gasteiger partial charge in [-0.05, 0) is 94.5 Å². The molecule has 6 heteroatoms. The first-order valence-electron chi connectivity index (χ1n) is 12.2. The van der Waals surface area contributed by atoms with Crippen LogP contribution in [-0.4, -0.2) is 55.5 Å². The van der Waals surface area contributed by atoms with Crippen molar-refractivity contribution in [3.8, 4) is 5.75 Å². The van der Waals surface area contributed by atoms with Gasteiger partial charge in [0.05, 0.1) is 24.8 Å². The van der Waals surface area contributed by atoms with E-state index in [4.69, 9.17) is 4.74 Å². The molecule has 2 aromatic rings. The highest BCUT2D eigenvalue weighted by molar-refractivity contribution is 6.22. The van der Waals surface area contributed by atoms with E-state index in [0.29, 0.717) is 12.3 Å². The summed E-state index contributed by atoms with van der Waals surface area (Å²) >= 11 is 0. The lowest BCUT2D eigenvalue weighted by Gasteiger charge is -2.32. The van der Waals surface area contributed by atoms with Gasteiger partial charge >= 0.3 is 0 Å². The molecule has 4 rings (SSSR count). The molecule has 1 N–H and O–H groups in total. The fourth-order valence-corrected chi connectivity index (χ4v) is 4.86. The molecule has 0 aliphatic carbocycles. The van der Waals surface area contributed by atoms with E-state index in [2.05, 4.69) is 40.5 Å². The van der Waals surface area contributed by atoms with Gasteiger partial charge in [-0.15, -0.1) is 0 Å². The van der Waals surface area contributed by atoms with Crippen molar-refractivity contribution in [2.45, 2.75) is 45.1 Å². The fraction of sp³-hybridized carbons (Fsp3) is 0.481. The summed E-state index contributed by atoms with van der Waals surface area (Å²) in [6.45, 7) is 6.56. The van der Waals surface area contributed by atoms with Crippen LogP contribution in [0.25, 0.3) is 0 Å². The van der Waals surface area contributed by atoms with Gasteiger partial charge in [0.1, 0.15) is 5.75 Å². The third kappa shape index (κ3) is 6.21. The highest BCUT2D eigenvalue weighted by atomic mass is 16.5. The van der Waals surface area contributed by atoms with Crippen LogP contribution in [0.15, 0.2) is 54.6 Å². The second-order valence-corrected chi connectivity index (χ2v) is 9.03. The van der Waals surface area contributed by atoms with E-state index >= 15 is 0 Å². The van der Waals surface area contributed by atoms with Crippen LogP contribution < -0.4 is 15.0 Å². The van der Waals surface area contributed by atoms with E-state index in [1.165, 1.54) is 29.7 Å². The molecular weight excluding hydrogens is 414 g/mol. The van der Waals surface area contributed by atoms with Crippen LogP contribution in [0.1, 0.15) is 38.2 Å². The molecule has 2 saturated heterocycles. The number of benzene rings is 2. The number of carbonyl (C=O) groups is 2. The van der Waals surface area contributed by atoms with Crippen LogP contribution in [0.2, 0.25) is 0 Å². The van der Waals surface area contributed by atoms with Gasteiger partial charge < -0.3 is 15.0 Å². The van der Waals surface area contributed by atoms with E-state index in [-0.39, 0.29) is 18.2 Å². The molecule has 2 aliphatic rings. The number of likely N-dealkylation sites (tertiary alicyclic amines) is 1. The lowest BCUT2D eigenvalue weighted by atomic mass is 9.90. The normalized spacial score (nSPS) is 19.9. The molecule has 1 unspecified atom stereocenters. The lowest BCUT2D eigenvalue weighted by molar-refractivity contribution is -0.121. The zero-order valence-corrected chi connectivity index (χ0v) is 19.5. The second-order valence-electron chi connectivity index (χ2n) is 9.03. The maximum Gasteiger partial charge on any atom is 0.251 e. The Morgan fingerprint density at radius 2 is 1.73 bits per heavy atom. The topological polar surface area (TPSA) is 61.9 Å². The zero-order chi connectivity index (χ0) is 23.0. The zero-order valence-electron chi connectivity index (χ0n) is 19.5. The van der Waals surface area contributed by atoms with Crippen LogP contribution in [0.4, 0.5) is 5.69 Å². The van der Waals surface area contributed by atoms with Gasteiger partial charge in [0.15, 0.2) is 0 Å². The molecule has 0 aromatic heterocycles. The summed E-state index contributed by atoms with van der Waals surface area (Å²) in [6.07, 6.45) is 4.87. The number of carbonyl (C=O) groups excluding carboxylic acids is 2. The molecule has 6 nitrogen and oxygen atoms in total. The van der Waals surface area contributed by atoms with E-state index in [1.54, 1.807) is 24.3 Å². The number of amides is 2. The Hall–Kier alpha value is -2.70. The highest BCUT2D eigenvalue weighted by Gasteiger charge is 2.39.